The van der Waals surface area contributed by atoms with Crippen LogP contribution >= 0.6 is 11.8 Å². The highest BCUT2D eigenvalue weighted by Gasteiger charge is 2.29. The van der Waals surface area contributed by atoms with Crippen molar-refractivity contribution in [3.8, 4) is 5.75 Å². The van der Waals surface area contributed by atoms with Crippen LogP contribution in [0.5, 0.6) is 5.75 Å². The number of thioether (sulfide) groups is 1. The fraction of sp³-hybridized carbons (Fsp3) is 0.417. The summed E-state index contributed by atoms with van der Waals surface area (Å²) < 4.78 is 5.15. The molecule has 0 fully saturated rings. The van der Waals surface area contributed by atoms with Crippen LogP contribution in [0.2, 0.25) is 0 Å². The Morgan fingerprint density at radius 1 is 1.38 bits per heavy atom. The van der Waals surface area contributed by atoms with Crippen molar-refractivity contribution < 1.29 is 4.74 Å². The molecule has 3 nitrogen and oxygen atoms in total. The van der Waals surface area contributed by atoms with E-state index in [0.717, 1.165) is 17.9 Å². The Morgan fingerprint density at radius 2 is 2.06 bits per heavy atom. The average molecular weight is 236 g/mol. The minimum atomic E-state index is -0.179. The summed E-state index contributed by atoms with van der Waals surface area (Å²) in [5.74, 6) is 1.90. The van der Waals surface area contributed by atoms with Gasteiger partial charge in [-0.3, -0.25) is 4.99 Å². The van der Waals surface area contributed by atoms with Gasteiger partial charge in [0.2, 0.25) is 0 Å². The predicted octanol–water partition coefficient (Wildman–Crippen LogP) is 2.36. The fourth-order valence-electron chi connectivity index (χ4n) is 1.84. The summed E-state index contributed by atoms with van der Waals surface area (Å²) in [7, 11) is 1.67. The molecule has 2 rings (SSSR count). The van der Waals surface area contributed by atoms with E-state index in [2.05, 4.69) is 24.0 Å². The predicted molar refractivity (Wildman–Crippen MR) is 69.0 cm³/mol. The van der Waals surface area contributed by atoms with Gasteiger partial charge in [-0.25, -0.2) is 0 Å². The van der Waals surface area contributed by atoms with Crippen molar-refractivity contribution >= 4 is 16.9 Å². The molecule has 1 aliphatic rings. The minimum absolute atomic E-state index is 0.179. The first-order valence-corrected chi connectivity index (χ1v) is 6.25. The molecule has 1 aromatic carbocycles. The first kappa shape index (κ1) is 11.3. The van der Waals surface area contributed by atoms with Gasteiger partial charge in [0, 0.05) is 5.75 Å². The molecule has 1 atom stereocenters. The molecular weight excluding hydrogens is 220 g/mol. The van der Waals surface area contributed by atoms with Crippen molar-refractivity contribution in [2.75, 3.05) is 12.9 Å². The normalized spacial score (nSPS) is 25.0. The first-order valence-electron chi connectivity index (χ1n) is 5.27. The summed E-state index contributed by atoms with van der Waals surface area (Å²) in [5.41, 5.74) is 6.80. The summed E-state index contributed by atoms with van der Waals surface area (Å²) in [6.07, 6.45) is 1.02. The monoisotopic (exact) mass is 236 g/mol. The lowest BCUT2D eigenvalue weighted by atomic mass is 9.90. The Kier molecular flexibility index (Phi) is 3.10. The summed E-state index contributed by atoms with van der Waals surface area (Å²) in [6.45, 7) is 2.13. The Balaban J connectivity index is 2.31. The van der Waals surface area contributed by atoms with Gasteiger partial charge in [-0.15, -0.1) is 0 Å². The number of rotatable bonds is 2. The van der Waals surface area contributed by atoms with Crippen LogP contribution in [0.3, 0.4) is 0 Å². The highest BCUT2D eigenvalue weighted by molar-refractivity contribution is 8.13. The zero-order valence-electron chi connectivity index (χ0n) is 9.56. The second-order valence-corrected chi connectivity index (χ2v) is 5.17. The average Bonchev–Trinajstić information content (AvgIpc) is 2.29. The molecule has 0 saturated heterocycles. The highest BCUT2D eigenvalue weighted by atomic mass is 32.2. The maximum absolute atomic E-state index is 5.79. The molecule has 1 aromatic rings. The lowest BCUT2D eigenvalue weighted by Gasteiger charge is -2.29. The van der Waals surface area contributed by atoms with E-state index >= 15 is 0 Å². The molecule has 0 saturated carbocycles. The molecule has 0 aliphatic carbocycles. The lowest BCUT2D eigenvalue weighted by Crippen LogP contribution is -2.28. The van der Waals surface area contributed by atoms with E-state index < -0.39 is 0 Å². The molecule has 0 amide bonds. The van der Waals surface area contributed by atoms with Crippen molar-refractivity contribution in [3.05, 3.63) is 29.8 Å². The summed E-state index contributed by atoms with van der Waals surface area (Å²) in [4.78, 5) is 4.56. The summed E-state index contributed by atoms with van der Waals surface area (Å²) >= 11 is 1.63. The van der Waals surface area contributed by atoms with Crippen molar-refractivity contribution in [2.45, 2.75) is 18.9 Å². The van der Waals surface area contributed by atoms with Crippen molar-refractivity contribution in [1.29, 1.82) is 0 Å². The molecule has 16 heavy (non-hydrogen) atoms. The van der Waals surface area contributed by atoms with Crippen LogP contribution in [0.15, 0.2) is 29.3 Å². The minimum Gasteiger partial charge on any atom is -0.497 e. The zero-order chi connectivity index (χ0) is 11.6. The van der Waals surface area contributed by atoms with Crippen LogP contribution in [0.1, 0.15) is 18.9 Å². The molecular formula is C12H16N2OS. The second kappa shape index (κ2) is 4.37. The van der Waals surface area contributed by atoms with Crippen molar-refractivity contribution in [1.82, 2.24) is 0 Å². The third-order valence-corrected chi connectivity index (χ3v) is 3.70. The van der Waals surface area contributed by atoms with Crippen molar-refractivity contribution in [2.24, 2.45) is 10.7 Å². The lowest BCUT2D eigenvalue weighted by molar-refractivity contribution is 0.413. The maximum atomic E-state index is 5.79. The van der Waals surface area contributed by atoms with Crippen LogP contribution in [0.25, 0.3) is 0 Å². The van der Waals surface area contributed by atoms with E-state index in [1.54, 1.807) is 18.9 Å². The molecule has 1 heterocycles. The Morgan fingerprint density at radius 3 is 2.62 bits per heavy atom. The molecule has 4 heteroatoms. The van der Waals surface area contributed by atoms with Gasteiger partial charge in [-0.1, -0.05) is 23.9 Å². The third kappa shape index (κ3) is 2.16. The quantitative estimate of drug-likeness (QED) is 0.857. The topological polar surface area (TPSA) is 47.6 Å². The Bertz CT molecular complexity index is 402. The molecule has 0 bridgehead atoms. The zero-order valence-corrected chi connectivity index (χ0v) is 10.4. The molecule has 0 spiro atoms. The van der Waals surface area contributed by atoms with Gasteiger partial charge < -0.3 is 10.5 Å². The summed E-state index contributed by atoms with van der Waals surface area (Å²) in [5, 5.41) is 0.685. The smallest absolute Gasteiger partial charge is 0.154 e. The van der Waals surface area contributed by atoms with Gasteiger partial charge in [0.25, 0.3) is 0 Å². The maximum Gasteiger partial charge on any atom is 0.154 e. The van der Waals surface area contributed by atoms with E-state index in [1.165, 1.54) is 5.56 Å². The molecule has 2 N–H and O–H groups in total. The number of nitrogens with zero attached hydrogens (tertiary/aromatic N) is 1. The first-order chi connectivity index (χ1) is 7.64. The molecule has 1 aliphatic heterocycles. The second-order valence-electron chi connectivity index (χ2n) is 4.05. The largest absolute Gasteiger partial charge is 0.497 e. The van der Waals surface area contributed by atoms with Crippen LogP contribution in [-0.4, -0.2) is 18.0 Å². The molecule has 86 valence electrons. The number of nitrogens with two attached hydrogens (primary N) is 1. The fourth-order valence-corrected chi connectivity index (χ4v) is 2.82. The Hall–Kier alpha value is -1.16. The van der Waals surface area contributed by atoms with Gasteiger partial charge in [0.05, 0.1) is 12.6 Å². The van der Waals surface area contributed by atoms with Crippen LogP contribution in [0.4, 0.5) is 0 Å². The van der Waals surface area contributed by atoms with E-state index in [9.17, 15) is 0 Å². The number of ether oxygens (including phenoxy) is 1. The van der Waals surface area contributed by atoms with E-state index in [-0.39, 0.29) is 5.54 Å². The van der Waals surface area contributed by atoms with Gasteiger partial charge in [-0.05, 0) is 31.0 Å². The Labute approximate surface area is 100 Å². The van der Waals surface area contributed by atoms with Gasteiger partial charge in [0.15, 0.2) is 5.17 Å². The van der Waals surface area contributed by atoms with Gasteiger partial charge in [-0.2, -0.15) is 0 Å². The standard InChI is InChI=1S/C12H16N2OS/c1-12(7-8-16-11(13)14-12)9-3-5-10(15-2)6-4-9/h3-6H,7-8H2,1-2H3,(H2,13,14)/t12-/m0/s1. The van der Waals surface area contributed by atoms with Gasteiger partial charge >= 0.3 is 0 Å². The molecule has 0 radical (unpaired) electrons. The van der Waals surface area contributed by atoms with Crippen molar-refractivity contribution in [3.63, 3.8) is 0 Å². The number of aliphatic imine (C=N–C) groups is 1. The number of hydrogen-bond donors (Lipinski definition) is 1. The van der Waals surface area contributed by atoms with E-state index in [4.69, 9.17) is 10.5 Å². The van der Waals surface area contributed by atoms with E-state index in [0.29, 0.717) is 5.17 Å². The number of methoxy groups -OCH3 is 1. The molecule has 0 unspecified atom stereocenters. The molecule has 0 aromatic heterocycles. The number of hydrogen-bond acceptors (Lipinski definition) is 4. The van der Waals surface area contributed by atoms with Crippen LogP contribution in [0, 0.1) is 0 Å². The van der Waals surface area contributed by atoms with Gasteiger partial charge in [0.1, 0.15) is 5.75 Å². The number of benzene rings is 1. The summed E-state index contributed by atoms with van der Waals surface area (Å²) in [6, 6.07) is 8.05. The van der Waals surface area contributed by atoms with Crippen LogP contribution < -0.4 is 10.5 Å². The third-order valence-electron chi connectivity index (χ3n) is 2.91. The van der Waals surface area contributed by atoms with E-state index in [1.807, 2.05) is 12.1 Å². The van der Waals surface area contributed by atoms with Crippen LogP contribution in [-0.2, 0) is 5.54 Å². The number of amidine groups is 1. The highest BCUT2D eigenvalue weighted by Crippen LogP contribution is 2.35. The SMILES string of the molecule is COc1ccc([C@]2(C)CCSC(N)=N2)cc1.